The van der Waals surface area contributed by atoms with Crippen LogP contribution in [0.15, 0.2) is 18.3 Å². The first-order chi connectivity index (χ1) is 9.00. The molecule has 0 bridgehead atoms. The lowest BCUT2D eigenvalue weighted by molar-refractivity contribution is 0.0897. The fraction of sp³-hybridized carbons (Fsp3) is 0.600. The largest absolute Gasteiger partial charge is 0.388 e. The Hall–Kier alpha value is -1.58. The fourth-order valence-corrected chi connectivity index (χ4v) is 2.79. The quantitative estimate of drug-likeness (QED) is 0.879. The van der Waals surface area contributed by atoms with E-state index in [2.05, 4.69) is 29.5 Å². The number of anilines is 1. The van der Waals surface area contributed by atoms with Gasteiger partial charge in [-0.2, -0.15) is 0 Å². The summed E-state index contributed by atoms with van der Waals surface area (Å²) in [6.45, 7) is 4.54. The Balaban J connectivity index is 2.00. The van der Waals surface area contributed by atoms with Gasteiger partial charge in [0.1, 0.15) is 5.69 Å². The molecule has 1 unspecified atom stereocenters. The van der Waals surface area contributed by atoms with E-state index in [0.29, 0.717) is 11.1 Å². The van der Waals surface area contributed by atoms with Crippen molar-refractivity contribution in [3.8, 4) is 0 Å². The highest BCUT2D eigenvalue weighted by Gasteiger charge is 2.29. The molecule has 0 saturated heterocycles. The molecule has 1 aliphatic carbocycles. The van der Waals surface area contributed by atoms with Crippen molar-refractivity contribution in [2.45, 2.75) is 45.6 Å². The lowest BCUT2D eigenvalue weighted by atomic mass is 9.75. The summed E-state index contributed by atoms with van der Waals surface area (Å²) in [7, 11) is 1.83. The lowest BCUT2D eigenvalue weighted by Crippen LogP contribution is -2.40. The van der Waals surface area contributed by atoms with Gasteiger partial charge in [-0.15, -0.1) is 0 Å². The predicted octanol–water partition coefficient (Wildman–Crippen LogP) is 2.82. The summed E-state index contributed by atoms with van der Waals surface area (Å²) in [6.07, 6.45) is 6.20. The number of carbonyl (C=O) groups excluding carboxylic acids is 1. The molecule has 4 nitrogen and oxygen atoms in total. The molecule has 2 rings (SSSR count). The molecule has 0 aliphatic heterocycles. The van der Waals surface area contributed by atoms with Crippen LogP contribution in [0.25, 0.3) is 0 Å². The Morgan fingerprint density at radius 1 is 1.47 bits per heavy atom. The van der Waals surface area contributed by atoms with Crippen molar-refractivity contribution in [2.24, 2.45) is 5.41 Å². The Labute approximate surface area is 115 Å². The van der Waals surface area contributed by atoms with E-state index in [1.165, 1.54) is 12.8 Å². The minimum atomic E-state index is -0.0696. The molecule has 104 valence electrons. The average molecular weight is 261 g/mol. The smallest absolute Gasteiger partial charge is 0.270 e. The molecule has 1 atom stereocenters. The molecule has 19 heavy (non-hydrogen) atoms. The van der Waals surface area contributed by atoms with Gasteiger partial charge in [0, 0.05) is 25.0 Å². The first-order valence-corrected chi connectivity index (χ1v) is 6.95. The molecule has 1 heterocycles. The molecule has 0 radical (unpaired) electrons. The van der Waals surface area contributed by atoms with E-state index in [1.807, 2.05) is 13.1 Å². The lowest BCUT2D eigenvalue weighted by Gasteiger charge is -2.35. The summed E-state index contributed by atoms with van der Waals surface area (Å²) in [6, 6.07) is 3.90. The number of hydrogen-bond donors (Lipinski definition) is 2. The first-order valence-electron chi connectivity index (χ1n) is 6.95. The number of pyridine rings is 1. The van der Waals surface area contributed by atoms with E-state index in [-0.39, 0.29) is 11.9 Å². The van der Waals surface area contributed by atoms with Crippen LogP contribution in [-0.4, -0.2) is 24.0 Å². The second-order valence-corrected chi connectivity index (χ2v) is 6.11. The van der Waals surface area contributed by atoms with Crippen molar-refractivity contribution < 1.29 is 4.79 Å². The zero-order chi connectivity index (χ0) is 13.9. The van der Waals surface area contributed by atoms with E-state index in [9.17, 15) is 4.79 Å². The third kappa shape index (κ3) is 3.69. The molecular formula is C15H23N3O. The van der Waals surface area contributed by atoms with Crippen LogP contribution in [0.3, 0.4) is 0 Å². The summed E-state index contributed by atoms with van der Waals surface area (Å²) in [4.78, 5) is 16.3. The maximum Gasteiger partial charge on any atom is 0.270 e. The second kappa shape index (κ2) is 5.59. The molecule has 0 aromatic carbocycles. The van der Waals surface area contributed by atoms with Crippen LogP contribution in [0.4, 0.5) is 5.69 Å². The Morgan fingerprint density at radius 2 is 2.26 bits per heavy atom. The van der Waals surface area contributed by atoms with Gasteiger partial charge in [-0.05, 0) is 36.8 Å². The van der Waals surface area contributed by atoms with Crippen LogP contribution in [0.2, 0.25) is 0 Å². The number of nitrogens with one attached hydrogen (secondary N) is 2. The minimum Gasteiger partial charge on any atom is -0.388 e. The number of rotatable bonds is 3. The second-order valence-electron chi connectivity index (χ2n) is 6.11. The normalized spacial score (nSPS) is 21.7. The molecule has 1 aliphatic rings. The highest BCUT2D eigenvalue weighted by Crippen LogP contribution is 2.35. The van der Waals surface area contributed by atoms with Gasteiger partial charge in [0.25, 0.3) is 5.91 Å². The van der Waals surface area contributed by atoms with Crippen LogP contribution in [-0.2, 0) is 0 Å². The summed E-state index contributed by atoms with van der Waals surface area (Å²) in [5.41, 5.74) is 1.72. The molecule has 1 amide bonds. The average Bonchev–Trinajstić information content (AvgIpc) is 2.37. The van der Waals surface area contributed by atoms with E-state index >= 15 is 0 Å². The van der Waals surface area contributed by atoms with Gasteiger partial charge in [0.15, 0.2) is 0 Å². The summed E-state index contributed by atoms with van der Waals surface area (Å²) >= 11 is 0. The number of nitrogens with zero attached hydrogens (tertiary/aromatic N) is 1. The van der Waals surface area contributed by atoms with E-state index in [1.54, 1.807) is 12.3 Å². The van der Waals surface area contributed by atoms with Crippen molar-refractivity contribution in [3.63, 3.8) is 0 Å². The number of hydrogen-bond acceptors (Lipinski definition) is 3. The molecule has 0 spiro atoms. The molecule has 1 aromatic heterocycles. The molecule has 4 heteroatoms. The van der Waals surface area contributed by atoms with Gasteiger partial charge >= 0.3 is 0 Å². The highest BCUT2D eigenvalue weighted by atomic mass is 16.1. The predicted molar refractivity (Wildman–Crippen MR) is 77.3 cm³/mol. The number of carbonyl (C=O) groups is 1. The van der Waals surface area contributed by atoms with E-state index < -0.39 is 0 Å². The van der Waals surface area contributed by atoms with E-state index in [4.69, 9.17) is 0 Å². The van der Waals surface area contributed by atoms with Crippen molar-refractivity contribution in [2.75, 3.05) is 12.4 Å². The van der Waals surface area contributed by atoms with Crippen LogP contribution in [0.5, 0.6) is 0 Å². The zero-order valence-electron chi connectivity index (χ0n) is 12.0. The third-order valence-corrected chi connectivity index (χ3v) is 3.82. The summed E-state index contributed by atoms with van der Waals surface area (Å²) in [5, 5.41) is 6.13. The van der Waals surface area contributed by atoms with Crippen LogP contribution in [0.1, 0.15) is 50.0 Å². The van der Waals surface area contributed by atoms with Crippen molar-refractivity contribution in [3.05, 3.63) is 24.0 Å². The maximum atomic E-state index is 12.2. The Bertz CT molecular complexity index is 456. The van der Waals surface area contributed by atoms with Gasteiger partial charge in [0.2, 0.25) is 0 Å². The SMILES string of the molecule is CNc1ccnc(C(=O)NC2CCCC(C)(C)C2)c1. The first kappa shape index (κ1) is 13.8. The van der Waals surface area contributed by atoms with Crippen molar-refractivity contribution in [1.29, 1.82) is 0 Å². The molecular weight excluding hydrogens is 238 g/mol. The van der Waals surface area contributed by atoms with Gasteiger partial charge in [-0.3, -0.25) is 9.78 Å². The highest BCUT2D eigenvalue weighted by molar-refractivity contribution is 5.93. The van der Waals surface area contributed by atoms with Crippen LogP contribution >= 0.6 is 0 Å². The molecule has 2 N–H and O–H groups in total. The molecule has 1 fully saturated rings. The van der Waals surface area contributed by atoms with E-state index in [0.717, 1.165) is 18.5 Å². The Kier molecular flexibility index (Phi) is 4.08. The maximum absolute atomic E-state index is 12.2. The fourth-order valence-electron chi connectivity index (χ4n) is 2.79. The van der Waals surface area contributed by atoms with Gasteiger partial charge in [-0.25, -0.2) is 0 Å². The Morgan fingerprint density at radius 3 is 2.95 bits per heavy atom. The van der Waals surface area contributed by atoms with Crippen molar-refractivity contribution >= 4 is 11.6 Å². The summed E-state index contributed by atoms with van der Waals surface area (Å²) in [5.74, 6) is -0.0696. The standard InChI is InChI=1S/C15H23N3O/c1-15(2)7-4-5-12(10-15)18-14(19)13-9-11(16-3)6-8-17-13/h6,8-9,12H,4-5,7,10H2,1-3H3,(H,16,17)(H,18,19). The zero-order valence-corrected chi connectivity index (χ0v) is 12.0. The summed E-state index contributed by atoms with van der Waals surface area (Å²) < 4.78 is 0. The molecule has 1 saturated carbocycles. The van der Waals surface area contributed by atoms with Crippen molar-refractivity contribution in [1.82, 2.24) is 10.3 Å². The van der Waals surface area contributed by atoms with Crippen LogP contribution in [0, 0.1) is 5.41 Å². The van der Waals surface area contributed by atoms with Crippen LogP contribution < -0.4 is 10.6 Å². The topological polar surface area (TPSA) is 54.0 Å². The number of aromatic nitrogens is 1. The van der Waals surface area contributed by atoms with Gasteiger partial charge in [-0.1, -0.05) is 20.3 Å². The number of amides is 1. The molecule has 1 aromatic rings. The third-order valence-electron chi connectivity index (χ3n) is 3.82. The van der Waals surface area contributed by atoms with Gasteiger partial charge < -0.3 is 10.6 Å². The monoisotopic (exact) mass is 261 g/mol. The minimum absolute atomic E-state index is 0.0696. The van der Waals surface area contributed by atoms with Gasteiger partial charge in [0.05, 0.1) is 0 Å².